The van der Waals surface area contributed by atoms with E-state index >= 15 is 0 Å². The first-order valence-electron chi connectivity index (χ1n) is 9.59. The average Bonchev–Trinajstić information content (AvgIpc) is 3.26. The molecule has 5 rings (SSSR count). The molecule has 0 bridgehead atoms. The number of nitrogens with one attached hydrogen (secondary N) is 2. The Morgan fingerprint density at radius 1 is 1.16 bits per heavy atom. The normalized spacial score (nSPS) is 17.2. The highest BCUT2D eigenvalue weighted by Gasteiger charge is 2.32. The fourth-order valence-corrected chi connectivity index (χ4v) is 4.09. The molecule has 3 heterocycles. The summed E-state index contributed by atoms with van der Waals surface area (Å²) >= 11 is 6.13. The minimum atomic E-state index is -0.182. The van der Waals surface area contributed by atoms with Gasteiger partial charge in [-0.05, 0) is 36.4 Å². The topological polar surface area (TPSA) is 77.6 Å². The largest absolute Gasteiger partial charge is 0.507 e. The van der Waals surface area contributed by atoms with Gasteiger partial charge in [0.1, 0.15) is 11.5 Å². The SMILES string of the molecule is Cl.Cl.O=C1/C(=C/c2c[nH]c3ccc(Cl)cc23)Oc2c1ccc(O)c2CN1CCNCC1. The van der Waals surface area contributed by atoms with Crippen LogP contribution in [0, 0.1) is 0 Å². The quantitative estimate of drug-likeness (QED) is 0.483. The molecule has 6 nitrogen and oxygen atoms in total. The van der Waals surface area contributed by atoms with Crippen LogP contribution in [0.4, 0.5) is 0 Å². The number of ketones is 1. The molecule has 2 aliphatic heterocycles. The van der Waals surface area contributed by atoms with Crippen LogP contribution in [-0.4, -0.2) is 47.0 Å². The van der Waals surface area contributed by atoms with Crippen molar-refractivity contribution in [3.8, 4) is 11.5 Å². The summed E-state index contributed by atoms with van der Waals surface area (Å²) in [5, 5.41) is 15.3. The molecule has 2 aliphatic rings. The van der Waals surface area contributed by atoms with E-state index in [1.165, 1.54) is 0 Å². The number of hydrogen-bond acceptors (Lipinski definition) is 5. The monoisotopic (exact) mass is 481 g/mol. The van der Waals surface area contributed by atoms with Gasteiger partial charge in [-0.25, -0.2) is 0 Å². The van der Waals surface area contributed by atoms with Gasteiger partial charge in [-0.2, -0.15) is 0 Å². The number of rotatable bonds is 3. The number of H-pyrrole nitrogens is 1. The third-order valence-corrected chi connectivity index (χ3v) is 5.71. The summed E-state index contributed by atoms with van der Waals surface area (Å²) in [5.74, 6) is 0.666. The molecule has 0 spiro atoms. The molecule has 2 aromatic carbocycles. The highest BCUT2D eigenvalue weighted by atomic mass is 35.5. The van der Waals surface area contributed by atoms with E-state index in [1.54, 1.807) is 18.2 Å². The second kappa shape index (κ2) is 9.51. The molecule has 31 heavy (non-hydrogen) atoms. The molecule has 3 aromatic rings. The van der Waals surface area contributed by atoms with Gasteiger partial charge in [0, 0.05) is 60.4 Å². The maximum Gasteiger partial charge on any atom is 0.231 e. The fraction of sp³-hybridized carbons (Fsp3) is 0.227. The Hall–Kier alpha value is -2.22. The van der Waals surface area contributed by atoms with Crippen molar-refractivity contribution in [2.45, 2.75) is 6.54 Å². The van der Waals surface area contributed by atoms with E-state index in [-0.39, 0.29) is 42.1 Å². The lowest BCUT2D eigenvalue weighted by Gasteiger charge is -2.27. The van der Waals surface area contributed by atoms with Gasteiger partial charge in [0.25, 0.3) is 0 Å². The number of halogens is 3. The molecule has 0 unspecified atom stereocenters. The number of nitrogens with zero attached hydrogens (tertiary/aromatic N) is 1. The van der Waals surface area contributed by atoms with Crippen molar-refractivity contribution in [3.63, 3.8) is 0 Å². The number of carbonyl (C=O) groups is 1. The van der Waals surface area contributed by atoms with E-state index in [1.807, 2.05) is 24.4 Å². The first kappa shape index (κ1) is 23.4. The highest BCUT2D eigenvalue weighted by molar-refractivity contribution is 6.31. The zero-order valence-corrected chi connectivity index (χ0v) is 18.9. The van der Waals surface area contributed by atoms with Gasteiger partial charge in [-0.15, -0.1) is 24.8 Å². The van der Waals surface area contributed by atoms with Crippen molar-refractivity contribution >= 4 is 59.2 Å². The molecular formula is C22H22Cl3N3O3. The summed E-state index contributed by atoms with van der Waals surface area (Å²) in [5.41, 5.74) is 2.90. The van der Waals surface area contributed by atoms with E-state index in [2.05, 4.69) is 15.2 Å². The molecule has 1 saturated heterocycles. The second-order valence-electron chi connectivity index (χ2n) is 7.34. The Bertz CT molecular complexity index is 1150. The Kier molecular flexibility index (Phi) is 7.19. The molecule has 0 amide bonds. The number of carbonyl (C=O) groups excluding carboxylic acids is 1. The van der Waals surface area contributed by atoms with Gasteiger partial charge in [0.05, 0.1) is 11.1 Å². The van der Waals surface area contributed by atoms with Crippen LogP contribution in [0.3, 0.4) is 0 Å². The van der Waals surface area contributed by atoms with E-state index in [0.717, 1.165) is 42.6 Å². The molecule has 0 radical (unpaired) electrons. The van der Waals surface area contributed by atoms with Crippen LogP contribution in [0.2, 0.25) is 5.02 Å². The van der Waals surface area contributed by atoms with Crippen LogP contribution in [0.5, 0.6) is 11.5 Å². The van der Waals surface area contributed by atoms with E-state index in [4.69, 9.17) is 16.3 Å². The second-order valence-corrected chi connectivity index (χ2v) is 7.78. The Labute approximate surface area is 197 Å². The number of phenolic OH excluding ortho intramolecular Hbond substituents is 1. The minimum Gasteiger partial charge on any atom is -0.507 e. The number of Topliss-reactive ketones (excluding diaryl/α,β-unsaturated/α-hetero) is 1. The molecule has 1 aromatic heterocycles. The molecule has 0 aliphatic carbocycles. The Balaban J connectivity index is 0.00000136. The van der Waals surface area contributed by atoms with Crippen LogP contribution in [0.25, 0.3) is 17.0 Å². The number of phenols is 1. The number of benzene rings is 2. The fourth-order valence-electron chi connectivity index (χ4n) is 3.92. The first-order chi connectivity index (χ1) is 14.1. The van der Waals surface area contributed by atoms with Gasteiger partial charge in [0.2, 0.25) is 5.78 Å². The zero-order chi connectivity index (χ0) is 20.0. The third-order valence-electron chi connectivity index (χ3n) is 5.47. The number of piperazine rings is 1. The molecule has 0 atom stereocenters. The third kappa shape index (κ3) is 4.40. The van der Waals surface area contributed by atoms with Crippen molar-refractivity contribution < 1.29 is 14.6 Å². The standard InChI is InChI=1S/C22H20ClN3O3.2ClH/c23-14-1-3-18-16(10-14)13(11-25-18)9-20-21(28)15-2-4-19(27)17(22(15)29-20)12-26-7-5-24-6-8-26;;/h1-4,9-11,24-25,27H,5-8,12H2;2*1H/b20-9-;;. The summed E-state index contributed by atoms with van der Waals surface area (Å²) < 4.78 is 5.99. The summed E-state index contributed by atoms with van der Waals surface area (Å²) in [6.07, 6.45) is 3.55. The van der Waals surface area contributed by atoms with Gasteiger partial charge in [-0.1, -0.05) is 11.6 Å². The smallest absolute Gasteiger partial charge is 0.231 e. The first-order valence-corrected chi connectivity index (χ1v) is 9.97. The van der Waals surface area contributed by atoms with E-state index < -0.39 is 0 Å². The average molecular weight is 483 g/mol. The van der Waals surface area contributed by atoms with Crippen molar-refractivity contribution in [3.05, 3.63) is 64.0 Å². The predicted molar refractivity (Wildman–Crippen MR) is 127 cm³/mol. The minimum absolute atomic E-state index is 0. The van der Waals surface area contributed by atoms with Crippen LogP contribution in [0.1, 0.15) is 21.5 Å². The van der Waals surface area contributed by atoms with Crippen molar-refractivity contribution in [2.24, 2.45) is 0 Å². The van der Waals surface area contributed by atoms with Gasteiger partial charge in [-0.3, -0.25) is 9.69 Å². The number of fused-ring (bicyclic) bond motifs is 2. The van der Waals surface area contributed by atoms with Crippen LogP contribution in [0.15, 0.2) is 42.3 Å². The maximum absolute atomic E-state index is 12.9. The predicted octanol–water partition coefficient (Wildman–Crippen LogP) is 4.39. The van der Waals surface area contributed by atoms with Crippen LogP contribution < -0.4 is 10.1 Å². The van der Waals surface area contributed by atoms with Crippen molar-refractivity contribution in [2.75, 3.05) is 26.2 Å². The number of ether oxygens (including phenoxy) is 1. The summed E-state index contributed by atoms with van der Waals surface area (Å²) in [7, 11) is 0. The Morgan fingerprint density at radius 3 is 2.71 bits per heavy atom. The van der Waals surface area contributed by atoms with Gasteiger partial charge in [0.15, 0.2) is 5.76 Å². The van der Waals surface area contributed by atoms with Gasteiger partial charge < -0.3 is 20.1 Å². The van der Waals surface area contributed by atoms with Crippen molar-refractivity contribution in [1.82, 2.24) is 15.2 Å². The summed E-state index contributed by atoms with van der Waals surface area (Å²) in [6.45, 7) is 4.12. The van der Waals surface area contributed by atoms with Crippen molar-refractivity contribution in [1.29, 1.82) is 0 Å². The van der Waals surface area contributed by atoms with Gasteiger partial charge >= 0.3 is 0 Å². The summed E-state index contributed by atoms with van der Waals surface area (Å²) in [6, 6.07) is 8.77. The molecular weight excluding hydrogens is 461 g/mol. The zero-order valence-electron chi connectivity index (χ0n) is 16.5. The lowest BCUT2D eigenvalue weighted by Crippen LogP contribution is -2.42. The number of hydrogen-bond donors (Lipinski definition) is 3. The van der Waals surface area contributed by atoms with E-state index in [0.29, 0.717) is 28.4 Å². The highest BCUT2D eigenvalue weighted by Crippen LogP contribution is 2.40. The molecule has 0 saturated carbocycles. The number of aromatic hydroxyl groups is 1. The van der Waals surface area contributed by atoms with Crippen LogP contribution >= 0.6 is 36.4 Å². The molecule has 3 N–H and O–H groups in total. The number of aromatic nitrogens is 1. The molecule has 164 valence electrons. The maximum atomic E-state index is 12.9. The molecule has 1 fully saturated rings. The van der Waals surface area contributed by atoms with E-state index in [9.17, 15) is 9.90 Å². The van der Waals surface area contributed by atoms with Crippen LogP contribution in [-0.2, 0) is 6.54 Å². The number of aromatic amines is 1. The molecule has 9 heteroatoms. The Morgan fingerprint density at radius 2 is 1.94 bits per heavy atom. The summed E-state index contributed by atoms with van der Waals surface area (Å²) in [4.78, 5) is 18.4. The number of allylic oxidation sites excluding steroid dienone is 1. The lowest BCUT2D eigenvalue weighted by atomic mass is 10.0. The lowest BCUT2D eigenvalue weighted by molar-refractivity contribution is 0.101.